The minimum absolute atomic E-state index is 0.253. The molecule has 5 heteroatoms. The van der Waals surface area contributed by atoms with E-state index in [0.717, 1.165) is 19.3 Å². The molecule has 12 heavy (non-hydrogen) atoms. The lowest BCUT2D eigenvalue weighted by molar-refractivity contribution is -0.138. The maximum absolute atomic E-state index is 10.4. The molecule has 0 saturated heterocycles. The average Bonchev–Trinajstić information content (AvgIpc) is 2.05. The van der Waals surface area contributed by atoms with Gasteiger partial charge < -0.3 is 14.9 Å². The molecule has 0 aliphatic heterocycles. The number of aliphatic carboxylic acids is 1. The van der Waals surface area contributed by atoms with Gasteiger partial charge in [0.1, 0.15) is 0 Å². The van der Waals surface area contributed by atoms with E-state index >= 15 is 0 Å². The second-order valence-corrected chi connectivity index (χ2v) is 1.42. The monoisotopic (exact) mass is 176 g/mol. The first-order valence-corrected chi connectivity index (χ1v) is 3.19. The smallest absolute Gasteiger partial charge is 0.330 e. The zero-order chi connectivity index (χ0) is 9.98. The Morgan fingerprint density at radius 2 is 1.83 bits per heavy atom. The van der Waals surface area contributed by atoms with Gasteiger partial charge in [0.2, 0.25) is 0 Å². The fraction of sp³-hybridized carbons (Fsp3) is 0.429. The summed E-state index contributed by atoms with van der Waals surface area (Å²) < 4.78 is 4.40. The Bertz CT molecular complexity index is 161. The molecular formula is C7H12O5. The van der Waals surface area contributed by atoms with Gasteiger partial charge in [0.15, 0.2) is 0 Å². The molecule has 0 saturated carbocycles. The first kappa shape index (κ1) is 13.2. The number of rotatable bonds is 3. The Balaban J connectivity index is 0. The highest BCUT2D eigenvalue weighted by Gasteiger charge is 1.94. The van der Waals surface area contributed by atoms with Crippen molar-refractivity contribution >= 4 is 11.9 Å². The van der Waals surface area contributed by atoms with Crippen molar-refractivity contribution in [1.29, 1.82) is 0 Å². The maximum Gasteiger partial charge on any atom is 0.330 e. The van der Waals surface area contributed by atoms with Crippen LogP contribution in [0.4, 0.5) is 0 Å². The minimum Gasteiger partial charge on any atom is -0.478 e. The lowest BCUT2D eigenvalue weighted by atomic mass is 10.5. The number of aliphatic hydroxyl groups excluding tert-OH is 1. The van der Waals surface area contributed by atoms with Crippen LogP contribution in [0.15, 0.2) is 12.2 Å². The van der Waals surface area contributed by atoms with Crippen molar-refractivity contribution in [2.45, 2.75) is 6.92 Å². The van der Waals surface area contributed by atoms with Crippen molar-refractivity contribution in [3.63, 3.8) is 0 Å². The molecule has 0 heterocycles. The number of carbonyl (C=O) groups is 2. The van der Waals surface area contributed by atoms with Gasteiger partial charge in [0.05, 0.1) is 6.61 Å². The lowest BCUT2D eigenvalue weighted by Crippen LogP contribution is -2.00. The van der Waals surface area contributed by atoms with Gasteiger partial charge in [-0.05, 0) is 6.92 Å². The molecule has 0 aromatic carbocycles. The third kappa shape index (κ3) is 11.4. The standard InChI is InChI=1S/C6H8O4.CH4O/c1-2-10-6(9)4-3-5(7)8;1-2/h3-4H,2H2,1H3,(H,7,8);2H,1H3/b4-3-;. The number of ether oxygens (including phenoxy) is 1. The topological polar surface area (TPSA) is 83.8 Å². The highest BCUT2D eigenvalue weighted by atomic mass is 16.5. The van der Waals surface area contributed by atoms with E-state index in [1.807, 2.05) is 0 Å². The zero-order valence-electron chi connectivity index (χ0n) is 6.98. The van der Waals surface area contributed by atoms with Crippen LogP contribution < -0.4 is 0 Å². The van der Waals surface area contributed by atoms with Crippen LogP contribution in [0.1, 0.15) is 6.92 Å². The molecule has 0 amide bonds. The van der Waals surface area contributed by atoms with Crippen molar-refractivity contribution < 1.29 is 24.5 Å². The normalized spacial score (nSPS) is 8.58. The van der Waals surface area contributed by atoms with E-state index in [0.29, 0.717) is 0 Å². The van der Waals surface area contributed by atoms with Crippen molar-refractivity contribution in [3.8, 4) is 0 Å². The van der Waals surface area contributed by atoms with Gasteiger partial charge in [0, 0.05) is 19.3 Å². The molecule has 0 spiro atoms. The van der Waals surface area contributed by atoms with E-state index in [-0.39, 0.29) is 6.61 Å². The summed E-state index contributed by atoms with van der Waals surface area (Å²) in [6.45, 7) is 1.90. The summed E-state index contributed by atoms with van der Waals surface area (Å²) in [5, 5.41) is 15.0. The van der Waals surface area contributed by atoms with E-state index in [2.05, 4.69) is 4.74 Å². The van der Waals surface area contributed by atoms with Crippen LogP contribution >= 0.6 is 0 Å². The molecule has 0 aliphatic carbocycles. The van der Waals surface area contributed by atoms with Crippen molar-refractivity contribution in [2.24, 2.45) is 0 Å². The largest absolute Gasteiger partial charge is 0.478 e. The van der Waals surface area contributed by atoms with Crippen molar-refractivity contribution in [3.05, 3.63) is 12.2 Å². The molecular weight excluding hydrogens is 164 g/mol. The summed E-state index contributed by atoms with van der Waals surface area (Å²) in [7, 11) is 1.00. The van der Waals surface area contributed by atoms with Gasteiger partial charge in [0.25, 0.3) is 0 Å². The molecule has 2 N–H and O–H groups in total. The Kier molecular flexibility index (Phi) is 10.6. The maximum atomic E-state index is 10.4. The van der Waals surface area contributed by atoms with Gasteiger partial charge in [-0.2, -0.15) is 0 Å². The molecule has 0 unspecified atom stereocenters. The number of carbonyl (C=O) groups excluding carboxylic acids is 1. The fourth-order valence-corrected chi connectivity index (χ4v) is 0.330. The number of carboxylic acid groups (broad SMARTS) is 1. The number of aliphatic hydroxyl groups is 1. The number of carboxylic acids is 1. The summed E-state index contributed by atoms with van der Waals surface area (Å²) in [4.78, 5) is 20.2. The Hall–Kier alpha value is -1.36. The van der Waals surface area contributed by atoms with Gasteiger partial charge in [-0.15, -0.1) is 0 Å². The second-order valence-electron chi connectivity index (χ2n) is 1.42. The van der Waals surface area contributed by atoms with Crippen LogP contribution in [0.2, 0.25) is 0 Å². The fourth-order valence-electron chi connectivity index (χ4n) is 0.330. The summed E-state index contributed by atoms with van der Waals surface area (Å²) in [6, 6.07) is 0. The van der Waals surface area contributed by atoms with Crippen LogP contribution in [0.3, 0.4) is 0 Å². The highest BCUT2D eigenvalue weighted by molar-refractivity contribution is 5.90. The Morgan fingerprint density at radius 1 is 1.33 bits per heavy atom. The Labute approximate surface area is 70.3 Å². The highest BCUT2D eigenvalue weighted by Crippen LogP contribution is 1.80. The SMILES string of the molecule is CCOC(=O)/C=C\C(=O)O.CO. The molecule has 0 bridgehead atoms. The van der Waals surface area contributed by atoms with Crippen LogP contribution in [-0.4, -0.2) is 35.9 Å². The van der Waals surface area contributed by atoms with E-state index < -0.39 is 11.9 Å². The second kappa shape index (κ2) is 9.64. The van der Waals surface area contributed by atoms with Crippen LogP contribution in [0.5, 0.6) is 0 Å². The molecule has 0 rings (SSSR count). The van der Waals surface area contributed by atoms with E-state index in [4.69, 9.17) is 10.2 Å². The van der Waals surface area contributed by atoms with E-state index in [9.17, 15) is 9.59 Å². The van der Waals surface area contributed by atoms with Gasteiger partial charge in [-0.25, -0.2) is 9.59 Å². The van der Waals surface area contributed by atoms with Crippen molar-refractivity contribution in [2.75, 3.05) is 13.7 Å². The summed E-state index contributed by atoms with van der Waals surface area (Å²) >= 11 is 0. The molecule has 0 fully saturated rings. The Morgan fingerprint density at radius 3 is 2.17 bits per heavy atom. The molecule has 0 aliphatic rings. The predicted molar refractivity (Wildman–Crippen MR) is 41.6 cm³/mol. The number of esters is 1. The summed E-state index contributed by atoms with van der Waals surface area (Å²) in [6.07, 6.45) is 1.60. The molecule has 0 radical (unpaired) electrons. The lowest BCUT2D eigenvalue weighted by Gasteiger charge is -1.92. The molecule has 0 atom stereocenters. The quantitative estimate of drug-likeness (QED) is 0.459. The third-order valence-electron chi connectivity index (χ3n) is 0.649. The number of hydrogen-bond donors (Lipinski definition) is 2. The van der Waals surface area contributed by atoms with Crippen LogP contribution in [0.25, 0.3) is 0 Å². The third-order valence-corrected chi connectivity index (χ3v) is 0.649. The minimum atomic E-state index is -1.16. The van der Waals surface area contributed by atoms with E-state index in [1.165, 1.54) is 0 Å². The number of hydrogen-bond acceptors (Lipinski definition) is 4. The van der Waals surface area contributed by atoms with Crippen LogP contribution in [-0.2, 0) is 14.3 Å². The molecule has 0 aromatic rings. The predicted octanol–water partition coefficient (Wildman–Crippen LogP) is -0.201. The summed E-state index contributed by atoms with van der Waals surface area (Å²) in [5.74, 6) is -1.79. The zero-order valence-corrected chi connectivity index (χ0v) is 6.98. The van der Waals surface area contributed by atoms with Gasteiger partial charge >= 0.3 is 11.9 Å². The van der Waals surface area contributed by atoms with E-state index in [1.54, 1.807) is 6.92 Å². The molecule has 70 valence electrons. The summed E-state index contributed by atoms with van der Waals surface area (Å²) in [5.41, 5.74) is 0. The first-order valence-electron chi connectivity index (χ1n) is 3.19. The van der Waals surface area contributed by atoms with Crippen LogP contribution in [0, 0.1) is 0 Å². The van der Waals surface area contributed by atoms with Crippen molar-refractivity contribution in [1.82, 2.24) is 0 Å². The first-order chi connectivity index (χ1) is 5.66. The van der Waals surface area contributed by atoms with Gasteiger partial charge in [-0.1, -0.05) is 0 Å². The molecule has 0 aromatic heterocycles. The van der Waals surface area contributed by atoms with Gasteiger partial charge in [-0.3, -0.25) is 0 Å². The average molecular weight is 176 g/mol. The molecule has 5 nitrogen and oxygen atoms in total.